The molecule has 0 radical (unpaired) electrons. The molecule has 2 aromatic rings. The molecular weight excluding hydrogens is 364 g/mol. The predicted molar refractivity (Wildman–Crippen MR) is 101 cm³/mol. The van der Waals surface area contributed by atoms with Gasteiger partial charge in [0.1, 0.15) is 16.9 Å². The highest BCUT2D eigenvalue weighted by atomic mass is 16.6. The monoisotopic (exact) mass is 386 g/mol. The van der Waals surface area contributed by atoms with Crippen LogP contribution in [-0.2, 0) is 19.1 Å². The zero-order valence-corrected chi connectivity index (χ0v) is 16.4. The molecule has 28 heavy (non-hydrogen) atoms. The minimum atomic E-state index is -1.00. The van der Waals surface area contributed by atoms with Crippen molar-refractivity contribution in [3.63, 3.8) is 0 Å². The maximum absolute atomic E-state index is 12.4. The fourth-order valence-electron chi connectivity index (χ4n) is 3.18. The number of hydrogen-bond donors (Lipinski definition) is 0. The first kappa shape index (κ1) is 19.7. The predicted octanol–water partition coefficient (Wildman–Crippen LogP) is 3.45. The van der Waals surface area contributed by atoms with E-state index in [1.54, 1.807) is 52.0 Å². The molecule has 0 bridgehead atoms. The van der Waals surface area contributed by atoms with Crippen LogP contribution < -0.4 is 10.4 Å². The summed E-state index contributed by atoms with van der Waals surface area (Å²) in [6.07, 6.45) is -0.330. The Morgan fingerprint density at radius 2 is 1.79 bits per heavy atom. The third-order valence-corrected chi connectivity index (χ3v) is 4.69. The molecule has 1 aliphatic heterocycles. The van der Waals surface area contributed by atoms with Gasteiger partial charge in [-0.3, -0.25) is 4.79 Å². The molecule has 7 nitrogen and oxygen atoms in total. The number of fused-ring (bicyclic) bond motifs is 3. The van der Waals surface area contributed by atoms with Gasteiger partial charge in [-0.05, 0) is 45.9 Å². The molecule has 0 saturated heterocycles. The Bertz CT molecular complexity index is 1030. The molecule has 0 N–H and O–H groups in total. The number of carbonyl (C=O) groups excluding carboxylic acids is 2. The molecule has 0 unspecified atom stereocenters. The molecule has 2 atom stereocenters. The molecule has 0 amide bonds. The Balaban J connectivity index is 2.22. The topological polar surface area (TPSA) is 92.0 Å². The summed E-state index contributed by atoms with van der Waals surface area (Å²) in [5.41, 5.74) is -0.547. The first-order chi connectivity index (χ1) is 13.1. The summed E-state index contributed by atoms with van der Waals surface area (Å²) >= 11 is 0. The minimum absolute atomic E-state index is 0.232. The third-order valence-electron chi connectivity index (χ3n) is 4.69. The maximum atomic E-state index is 12.4. The minimum Gasteiger partial charge on any atom is -0.483 e. The number of rotatable bonds is 3. The maximum Gasteiger partial charge on any atom is 0.336 e. The van der Waals surface area contributed by atoms with E-state index >= 15 is 0 Å². The molecule has 0 saturated carbocycles. The smallest absolute Gasteiger partial charge is 0.336 e. The van der Waals surface area contributed by atoms with Gasteiger partial charge in [-0.2, -0.15) is 0 Å². The van der Waals surface area contributed by atoms with E-state index in [1.165, 1.54) is 13.0 Å². The van der Waals surface area contributed by atoms with Crippen molar-refractivity contribution in [2.75, 3.05) is 0 Å². The molecule has 0 fully saturated rings. The first-order valence-electron chi connectivity index (χ1n) is 8.91. The highest BCUT2D eigenvalue weighted by Gasteiger charge is 2.50. The van der Waals surface area contributed by atoms with Crippen molar-refractivity contribution >= 4 is 22.9 Å². The number of esters is 2. The molecule has 1 aromatic carbocycles. The highest BCUT2D eigenvalue weighted by Crippen LogP contribution is 2.46. The van der Waals surface area contributed by atoms with Gasteiger partial charge >= 0.3 is 17.6 Å². The summed E-state index contributed by atoms with van der Waals surface area (Å²) in [5, 5.41) is 0.633. The van der Waals surface area contributed by atoms with Gasteiger partial charge < -0.3 is 18.6 Å². The van der Waals surface area contributed by atoms with Crippen LogP contribution in [0.3, 0.4) is 0 Å². The summed E-state index contributed by atoms with van der Waals surface area (Å²) in [4.78, 5) is 36.1. The Morgan fingerprint density at radius 1 is 1.11 bits per heavy atom. The van der Waals surface area contributed by atoms with Gasteiger partial charge in [-0.1, -0.05) is 6.08 Å². The quantitative estimate of drug-likeness (QED) is 0.453. The lowest BCUT2D eigenvalue weighted by molar-refractivity contribution is -0.186. The van der Waals surface area contributed by atoms with Crippen molar-refractivity contribution in [1.82, 2.24) is 0 Å². The van der Waals surface area contributed by atoms with Crippen LogP contribution in [0.15, 0.2) is 45.1 Å². The summed E-state index contributed by atoms with van der Waals surface area (Å²) in [5.74, 6) is -0.715. The molecule has 2 heterocycles. The number of benzene rings is 1. The molecule has 1 aromatic heterocycles. The molecular formula is C21H22O7. The number of ether oxygens (including phenoxy) is 3. The standard InChI is InChI=1S/C21H22O7/c1-6-11(2)20(24)27-19-18(25-12(3)22)16-14(28-21(19,4)5)9-7-13-8-10-15(23)26-17(13)16/h6-10,18-19H,1-5H3/b11-6-/t18-,19+/m1/s1. The van der Waals surface area contributed by atoms with Crippen molar-refractivity contribution in [2.24, 2.45) is 0 Å². The van der Waals surface area contributed by atoms with E-state index in [1.807, 2.05) is 0 Å². The van der Waals surface area contributed by atoms with Crippen LogP contribution in [0, 0.1) is 0 Å². The van der Waals surface area contributed by atoms with E-state index in [2.05, 4.69) is 0 Å². The lowest BCUT2D eigenvalue weighted by atomic mass is 9.87. The molecule has 0 aliphatic carbocycles. The lowest BCUT2D eigenvalue weighted by Gasteiger charge is -2.43. The van der Waals surface area contributed by atoms with Gasteiger partial charge in [0.15, 0.2) is 12.2 Å². The Labute approximate surface area is 161 Å². The number of carbonyl (C=O) groups is 2. The van der Waals surface area contributed by atoms with Crippen molar-refractivity contribution in [2.45, 2.75) is 52.4 Å². The number of allylic oxidation sites excluding steroid dienone is 1. The van der Waals surface area contributed by atoms with Crippen molar-refractivity contribution in [1.29, 1.82) is 0 Å². The van der Waals surface area contributed by atoms with Crippen molar-refractivity contribution < 1.29 is 28.2 Å². The molecule has 0 spiro atoms. The average Bonchev–Trinajstić information content (AvgIpc) is 2.62. The first-order valence-corrected chi connectivity index (χ1v) is 8.91. The van der Waals surface area contributed by atoms with E-state index in [0.29, 0.717) is 22.3 Å². The normalized spacial score (nSPS) is 20.8. The van der Waals surface area contributed by atoms with E-state index in [0.717, 1.165) is 0 Å². The van der Waals surface area contributed by atoms with E-state index < -0.39 is 35.4 Å². The van der Waals surface area contributed by atoms with Crippen molar-refractivity contribution in [3.8, 4) is 5.75 Å². The van der Waals surface area contributed by atoms with Gasteiger partial charge in [-0.15, -0.1) is 0 Å². The van der Waals surface area contributed by atoms with Gasteiger partial charge in [0.2, 0.25) is 0 Å². The van der Waals surface area contributed by atoms with E-state index in [-0.39, 0.29) is 5.58 Å². The average molecular weight is 386 g/mol. The van der Waals surface area contributed by atoms with E-state index in [9.17, 15) is 14.4 Å². The van der Waals surface area contributed by atoms with Gasteiger partial charge in [0, 0.05) is 23.9 Å². The Morgan fingerprint density at radius 3 is 2.43 bits per heavy atom. The fraction of sp³-hybridized carbons (Fsp3) is 0.381. The highest BCUT2D eigenvalue weighted by molar-refractivity contribution is 5.88. The van der Waals surface area contributed by atoms with Gasteiger partial charge in [-0.25, -0.2) is 9.59 Å². The van der Waals surface area contributed by atoms with Gasteiger partial charge in [0.05, 0.1) is 5.56 Å². The molecule has 1 aliphatic rings. The van der Waals surface area contributed by atoms with Crippen LogP contribution in [0.4, 0.5) is 0 Å². The van der Waals surface area contributed by atoms with E-state index in [4.69, 9.17) is 18.6 Å². The van der Waals surface area contributed by atoms with Crippen LogP contribution >= 0.6 is 0 Å². The second-order valence-corrected chi connectivity index (χ2v) is 7.18. The van der Waals surface area contributed by atoms with Gasteiger partial charge in [0.25, 0.3) is 0 Å². The number of hydrogen-bond acceptors (Lipinski definition) is 7. The summed E-state index contributed by atoms with van der Waals surface area (Å²) < 4.78 is 22.7. The van der Waals surface area contributed by atoms with Crippen LogP contribution in [0.2, 0.25) is 0 Å². The second-order valence-electron chi connectivity index (χ2n) is 7.18. The second kappa shape index (κ2) is 7.14. The Kier molecular flexibility index (Phi) is 5.02. The zero-order valence-electron chi connectivity index (χ0n) is 16.4. The summed E-state index contributed by atoms with van der Waals surface area (Å²) in [7, 11) is 0. The van der Waals surface area contributed by atoms with Crippen LogP contribution in [0.25, 0.3) is 11.0 Å². The third kappa shape index (κ3) is 3.52. The van der Waals surface area contributed by atoms with Crippen LogP contribution in [0.5, 0.6) is 5.75 Å². The van der Waals surface area contributed by atoms with Crippen LogP contribution in [0.1, 0.15) is 46.3 Å². The Hall–Kier alpha value is -3.09. The largest absolute Gasteiger partial charge is 0.483 e. The summed E-state index contributed by atoms with van der Waals surface area (Å²) in [6, 6.07) is 6.37. The zero-order chi connectivity index (χ0) is 20.6. The SMILES string of the molecule is C/C=C(/C)C(=O)O[C@H]1[C@H](OC(C)=O)c2c(ccc3ccc(=O)oc23)OC1(C)C. The summed E-state index contributed by atoms with van der Waals surface area (Å²) in [6.45, 7) is 8.09. The van der Waals surface area contributed by atoms with Crippen molar-refractivity contribution in [3.05, 3.63) is 51.9 Å². The molecule has 7 heteroatoms. The van der Waals surface area contributed by atoms with Crippen LogP contribution in [-0.4, -0.2) is 23.6 Å². The molecule has 3 rings (SSSR count). The lowest BCUT2D eigenvalue weighted by Crippen LogP contribution is -2.52. The fourth-order valence-corrected chi connectivity index (χ4v) is 3.18. The molecule has 148 valence electrons.